The Labute approximate surface area is 166 Å². The van der Waals surface area contributed by atoms with Gasteiger partial charge in [-0.2, -0.15) is 0 Å². The third-order valence-electron chi connectivity index (χ3n) is 4.73. The van der Waals surface area contributed by atoms with Crippen LogP contribution in [-0.4, -0.2) is 23.0 Å². The first-order valence-electron chi connectivity index (χ1n) is 8.47. The Morgan fingerprint density at radius 3 is 2.52 bits per heavy atom. The molecule has 0 saturated heterocycles. The lowest BCUT2D eigenvalue weighted by molar-refractivity contribution is -0.139. The van der Waals surface area contributed by atoms with Crippen LogP contribution in [0.1, 0.15) is 30.4 Å². The number of benzene rings is 2. The Kier molecular flexibility index (Phi) is 5.60. The number of carboxylic acid groups (broad SMARTS) is 1. The zero-order chi connectivity index (χ0) is 19.7. The van der Waals surface area contributed by atoms with Crippen molar-refractivity contribution in [1.82, 2.24) is 0 Å². The van der Waals surface area contributed by atoms with Gasteiger partial charge in [-0.05, 0) is 42.7 Å². The molecule has 2 aromatic carbocycles. The maximum Gasteiger partial charge on any atom is 0.327 e. The van der Waals surface area contributed by atoms with Crippen LogP contribution in [0.4, 0.5) is 11.4 Å². The van der Waals surface area contributed by atoms with Gasteiger partial charge in [0.1, 0.15) is 6.04 Å². The monoisotopic (exact) mass is 407 g/mol. The molecule has 0 bridgehead atoms. The van der Waals surface area contributed by atoms with E-state index in [9.17, 15) is 14.7 Å². The van der Waals surface area contributed by atoms with Crippen LogP contribution in [-0.2, 0) is 16.0 Å². The molecule has 1 aliphatic heterocycles. The van der Waals surface area contributed by atoms with Crippen LogP contribution in [0.25, 0.3) is 0 Å². The van der Waals surface area contributed by atoms with Gasteiger partial charge < -0.3 is 10.4 Å². The van der Waals surface area contributed by atoms with Gasteiger partial charge in [0.15, 0.2) is 0 Å². The highest BCUT2D eigenvalue weighted by molar-refractivity contribution is 6.36. The van der Waals surface area contributed by atoms with Crippen LogP contribution in [0.2, 0.25) is 10.0 Å². The summed E-state index contributed by atoms with van der Waals surface area (Å²) in [4.78, 5) is 24.6. The second-order valence-corrected chi connectivity index (χ2v) is 7.25. The number of hydrogen-bond donors (Lipinski definition) is 3. The third kappa shape index (κ3) is 3.88. The van der Waals surface area contributed by atoms with Gasteiger partial charge in [0.25, 0.3) is 0 Å². The fourth-order valence-corrected chi connectivity index (χ4v) is 3.88. The van der Waals surface area contributed by atoms with Crippen LogP contribution >= 0.6 is 23.2 Å². The highest BCUT2D eigenvalue weighted by Crippen LogP contribution is 2.43. The number of carbonyl (C=O) groups is 2. The van der Waals surface area contributed by atoms with E-state index in [1.54, 1.807) is 0 Å². The zero-order valence-electron chi connectivity index (χ0n) is 14.6. The molecule has 142 valence electrons. The number of nitrogens with one attached hydrogen (secondary N) is 1. The number of nitrogens with two attached hydrogens (primary N) is 1. The van der Waals surface area contributed by atoms with E-state index in [0.29, 0.717) is 22.0 Å². The first kappa shape index (κ1) is 19.5. The minimum atomic E-state index is -1.12. The number of hydrogen-bond acceptors (Lipinski definition) is 4. The summed E-state index contributed by atoms with van der Waals surface area (Å²) in [5.41, 5.74) is 2.60. The first-order chi connectivity index (χ1) is 12.8. The van der Waals surface area contributed by atoms with E-state index in [1.165, 1.54) is 12.1 Å². The first-order valence-corrected chi connectivity index (χ1v) is 9.23. The number of amides is 1. The quantitative estimate of drug-likeness (QED) is 0.669. The van der Waals surface area contributed by atoms with Crippen molar-refractivity contribution in [2.45, 2.75) is 31.7 Å². The molecule has 3 rings (SSSR count). The van der Waals surface area contributed by atoms with Crippen molar-refractivity contribution in [3.05, 3.63) is 57.6 Å². The number of nitrogens with zero attached hydrogens (tertiary/aromatic N) is 1. The lowest BCUT2D eigenvalue weighted by atomic mass is 9.85. The summed E-state index contributed by atoms with van der Waals surface area (Å²) < 4.78 is 0. The van der Waals surface area contributed by atoms with Crippen LogP contribution < -0.4 is 16.2 Å². The third-order valence-corrected chi connectivity index (χ3v) is 5.26. The largest absolute Gasteiger partial charge is 0.480 e. The Morgan fingerprint density at radius 1 is 1.26 bits per heavy atom. The van der Waals surface area contributed by atoms with Gasteiger partial charge in [-0.25, -0.2) is 10.6 Å². The molecule has 1 amide bonds. The lowest BCUT2D eigenvalue weighted by Gasteiger charge is -2.37. The van der Waals surface area contributed by atoms with Crippen molar-refractivity contribution in [3.8, 4) is 0 Å². The second-order valence-electron chi connectivity index (χ2n) is 6.41. The second kappa shape index (κ2) is 7.76. The molecule has 0 radical (unpaired) electrons. The van der Waals surface area contributed by atoms with Crippen molar-refractivity contribution in [2.75, 3.05) is 10.3 Å². The van der Waals surface area contributed by atoms with Gasteiger partial charge in [0.05, 0.1) is 11.6 Å². The average Bonchev–Trinajstić information content (AvgIpc) is 2.62. The highest BCUT2D eigenvalue weighted by Gasteiger charge is 2.40. The molecular formula is C19H19Cl2N3O3. The van der Waals surface area contributed by atoms with Gasteiger partial charge in [-0.15, -0.1) is 0 Å². The number of aryl methyl sites for hydroxylation is 1. The summed E-state index contributed by atoms with van der Waals surface area (Å²) in [6.45, 7) is 2.05. The Hall–Kier alpha value is -2.28. The average molecular weight is 408 g/mol. The Bertz CT molecular complexity index is 887. The van der Waals surface area contributed by atoms with Crippen LogP contribution in [0.15, 0.2) is 36.4 Å². The van der Waals surface area contributed by atoms with Gasteiger partial charge in [0, 0.05) is 21.3 Å². The fraction of sp³-hybridized carbons (Fsp3) is 0.263. The number of fused-ring (bicyclic) bond motifs is 1. The topological polar surface area (TPSA) is 95.7 Å². The standard InChI is InChI=1S/C19H19Cl2N3O3/c1-2-10-3-5-12(6-4-10)23-18(25)13-9-16(19(26)27)24(22)15-8-11(20)7-14(21)17(13)15/h3-8,13,16H,2,9,22H2,1H3,(H,23,25)(H,26,27). The van der Waals surface area contributed by atoms with E-state index in [-0.39, 0.29) is 17.4 Å². The molecule has 8 heteroatoms. The molecular weight excluding hydrogens is 389 g/mol. The predicted molar refractivity (Wildman–Crippen MR) is 106 cm³/mol. The van der Waals surface area contributed by atoms with E-state index in [1.807, 2.05) is 31.2 Å². The minimum Gasteiger partial charge on any atom is -0.480 e. The van der Waals surface area contributed by atoms with Crippen LogP contribution in [0.3, 0.4) is 0 Å². The van der Waals surface area contributed by atoms with Crippen molar-refractivity contribution in [1.29, 1.82) is 0 Å². The number of aliphatic carboxylic acids is 1. The lowest BCUT2D eigenvalue weighted by Crippen LogP contribution is -2.51. The molecule has 0 fully saturated rings. The van der Waals surface area contributed by atoms with Gasteiger partial charge >= 0.3 is 5.97 Å². The number of rotatable bonds is 4. The molecule has 1 aliphatic rings. The van der Waals surface area contributed by atoms with Crippen molar-refractivity contribution in [3.63, 3.8) is 0 Å². The van der Waals surface area contributed by atoms with Gasteiger partial charge in [0.2, 0.25) is 5.91 Å². The van der Waals surface area contributed by atoms with E-state index >= 15 is 0 Å². The summed E-state index contributed by atoms with van der Waals surface area (Å²) in [6, 6.07) is 9.46. The molecule has 0 spiro atoms. The van der Waals surface area contributed by atoms with E-state index in [4.69, 9.17) is 29.0 Å². The molecule has 2 unspecified atom stereocenters. The van der Waals surface area contributed by atoms with Gasteiger partial charge in [-0.1, -0.05) is 42.3 Å². The number of carbonyl (C=O) groups excluding carboxylic acids is 1. The molecule has 0 saturated carbocycles. The maximum atomic E-state index is 12.9. The zero-order valence-corrected chi connectivity index (χ0v) is 16.1. The molecule has 1 heterocycles. The van der Waals surface area contributed by atoms with Crippen LogP contribution in [0, 0.1) is 0 Å². The highest BCUT2D eigenvalue weighted by atomic mass is 35.5. The van der Waals surface area contributed by atoms with Crippen LogP contribution in [0.5, 0.6) is 0 Å². The fourth-order valence-electron chi connectivity index (χ4n) is 3.26. The minimum absolute atomic E-state index is 0.000930. The number of anilines is 2. The number of halogens is 2. The summed E-state index contributed by atoms with van der Waals surface area (Å²) in [6.07, 6.45) is 0.895. The molecule has 2 aromatic rings. The normalized spacial score (nSPS) is 18.7. The Morgan fingerprint density at radius 2 is 1.93 bits per heavy atom. The summed E-state index contributed by atoms with van der Waals surface area (Å²) in [7, 11) is 0. The van der Waals surface area contributed by atoms with Gasteiger partial charge in [-0.3, -0.25) is 9.80 Å². The maximum absolute atomic E-state index is 12.9. The molecule has 6 nitrogen and oxygen atoms in total. The van der Waals surface area contributed by atoms with Crippen molar-refractivity contribution >= 4 is 46.5 Å². The predicted octanol–water partition coefficient (Wildman–Crippen LogP) is 3.82. The molecule has 0 aromatic heterocycles. The van der Waals surface area contributed by atoms with E-state index in [2.05, 4.69) is 5.32 Å². The summed E-state index contributed by atoms with van der Waals surface area (Å²) in [5, 5.41) is 14.0. The summed E-state index contributed by atoms with van der Waals surface area (Å²) >= 11 is 12.4. The Balaban J connectivity index is 1.96. The van der Waals surface area contributed by atoms with Crippen molar-refractivity contribution in [2.24, 2.45) is 5.84 Å². The molecule has 27 heavy (non-hydrogen) atoms. The number of carboxylic acids is 1. The summed E-state index contributed by atoms with van der Waals surface area (Å²) in [5.74, 6) is 3.75. The SMILES string of the molecule is CCc1ccc(NC(=O)C2CC(C(=O)O)N(N)c3cc(Cl)cc(Cl)c32)cc1. The smallest absolute Gasteiger partial charge is 0.327 e. The van der Waals surface area contributed by atoms with E-state index in [0.717, 1.165) is 17.0 Å². The number of hydrazine groups is 1. The molecule has 2 atom stereocenters. The molecule has 4 N–H and O–H groups in total. The van der Waals surface area contributed by atoms with Crippen molar-refractivity contribution < 1.29 is 14.7 Å². The van der Waals surface area contributed by atoms with E-state index < -0.39 is 17.9 Å². The molecule has 0 aliphatic carbocycles.